The van der Waals surface area contributed by atoms with E-state index in [1.807, 2.05) is 4.57 Å². The van der Waals surface area contributed by atoms with Crippen molar-refractivity contribution in [2.75, 3.05) is 5.32 Å². The lowest BCUT2D eigenvalue weighted by atomic mass is 10.2. The second-order valence-corrected chi connectivity index (χ2v) is 7.50. The number of hydrogen-bond donors (Lipinski definition) is 1. The molecule has 3 rings (SSSR count). The molecule has 1 aliphatic heterocycles. The van der Waals surface area contributed by atoms with Gasteiger partial charge in [0.05, 0.1) is 10.8 Å². The van der Waals surface area contributed by atoms with Crippen LogP contribution < -0.4 is 5.32 Å². The normalized spacial score (nSPS) is 15.8. The molecule has 0 unspecified atom stereocenters. The van der Waals surface area contributed by atoms with Crippen LogP contribution in [0.1, 0.15) is 37.6 Å². The number of amides is 1. The van der Waals surface area contributed by atoms with Crippen molar-refractivity contribution in [1.29, 1.82) is 0 Å². The summed E-state index contributed by atoms with van der Waals surface area (Å²) in [5, 5.41) is 11.1. The van der Waals surface area contributed by atoms with Crippen molar-refractivity contribution in [3.63, 3.8) is 0 Å². The number of carbonyl (C=O) groups is 1. The zero-order valence-electron chi connectivity index (χ0n) is 14.2. The maximum atomic E-state index is 12.8. The quantitative estimate of drug-likeness (QED) is 0.805. The molecule has 9 heteroatoms. The molecule has 5 nitrogen and oxygen atoms in total. The van der Waals surface area contributed by atoms with Gasteiger partial charge in [-0.2, -0.15) is 13.2 Å². The van der Waals surface area contributed by atoms with Crippen molar-refractivity contribution >= 4 is 23.4 Å². The molecule has 0 bridgehead atoms. The van der Waals surface area contributed by atoms with Gasteiger partial charge in [0.25, 0.3) is 0 Å². The molecular weight excluding hydrogens is 365 g/mol. The van der Waals surface area contributed by atoms with Crippen LogP contribution in [-0.4, -0.2) is 25.9 Å². The largest absolute Gasteiger partial charge is 0.416 e. The Kier molecular flexibility index (Phi) is 5.55. The van der Waals surface area contributed by atoms with Crippen molar-refractivity contribution < 1.29 is 18.0 Å². The number of fused-ring (bicyclic) bond motifs is 1. The minimum absolute atomic E-state index is 0.123. The summed E-state index contributed by atoms with van der Waals surface area (Å²) < 4.78 is 40.4. The van der Waals surface area contributed by atoms with E-state index >= 15 is 0 Å². The highest BCUT2D eigenvalue weighted by Gasteiger charge is 2.30. The zero-order valence-corrected chi connectivity index (χ0v) is 15.0. The first-order valence-corrected chi connectivity index (χ1v) is 9.29. The predicted octanol–water partition coefficient (Wildman–Crippen LogP) is 4.14. The summed E-state index contributed by atoms with van der Waals surface area (Å²) in [6.45, 7) is 2.53. The summed E-state index contributed by atoms with van der Waals surface area (Å²) in [6.07, 6.45) is -0.310. The number of aromatic nitrogens is 3. The van der Waals surface area contributed by atoms with E-state index in [-0.39, 0.29) is 11.6 Å². The van der Waals surface area contributed by atoms with Gasteiger partial charge < -0.3 is 9.88 Å². The fourth-order valence-corrected chi connectivity index (χ4v) is 3.67. The third-order valence-electron chi connectivity index (χ3n) is 4.18. The van der Waals surface area contributed by atoms with Crippen molar-refractivity contribution in [2.45, 2.75) is 55.7 Å². The summed E-state index contributed by atoms with van der Waals surface area (Å²) >= 11 is 1.27. The summed E-state index contributed by atoms with van der Waals surface area (Å²) in [4.78, 5) is 12.4. The van der Waals surface area contributed by atoms with E-state index in [1.165, 1.54) is 23.9 Å². The van der Waals surface area contributed by atoms with Gasteiger partial charge in [-0.05, 0) is 38.0 Å². The SMILES string of the molecule is C[C@@H](Sc1nnc2n1CCCCC2)C(=O)Nc1cccc(C(F)(F)F)c1. The second-order valence-electron chi connectivity index (χ2n) is 6.19. The van der Waals surface area contributed by atoms with Crippen LogP contribution in [0.25, 0.3) is 0 Å². The van der Waals surface area contributed by atoms with E-state index in [2.05, 4.69) is 15.5 Å². The van der Waals surface area contributed by atoms with Crippen LogP contribution in [0.15, 0.2) is 29.4 Å². The minimum Gasteiger partial charge on any atom is -0.325 e. The number of rotatable bonds is 4. The summed E-state index contributed by atoms with van der Waals surface area (Å²) in [5.74, 6) is 0.552. The van der Waals surface area contributed by atoms with Crippen molar-refractivity contribution in [3.8, 4) is 0 Å². The van der Waals surface area contributed by atoms with Gasteiger partial charge in [0.15, 0.2) is 5.16 Å². The number of nitrogens with one attached hydrogen (secondary N) is 1. The van der Waals surface area contributed by atoms with Crippen molar-refractivity contribution in [1.82, 2.24) is 14.8 Å². The average molecular weight is 384 g/mol. The van der Waals surface area contributed by atoms with E-state index in [9.17, 15) is 18.0 Å². The smallest absolute Gasteiger partial charge is 0.325 e. The molecule has 1 atom stereocenters. The number of benzene rings is 1. The van der Waals surface area contributed by atoms with Gasteiger partial charge in [-0.25, -0.2) is 0 Å². The molecule has 1 N–H and O–H groups in total. The van der Waals surface area contributed by atoms with Gasteiger partial charge in [0, 0.05) is 18.7 Å². The van der Waals surface area contributed by atoms with Gasteiger partial charge in [-0.1, -0.05) is 24.2 Å². The van der Waals surface area contributed by atoms with Gasteiger partial charge in [-0.3, -0.25) is 4.79 Å². The molecule has 140 valence electrons. The highest BCUT2D eigenvalue weighted by Crippen LogP contribution is 2.31. The number of halogens is 3. The third kappa shape index (κ3) is 4.38. The van der Waals surface area contributed by atoms with Crippen LogP contribution >= 0.6 is 11.8 Å². The fraction of sp³-hybridized carbons (Fsp3) is 0.471. The lowest BCUT2D eigenvalue weighted by Gasteiger charge is -2.14. The Morgan fingerprint density at radius 2 is 2.08 bits per heavy atom. The molecule has 0 spiro atoms. The monoisotopic (exact) mass is 384 g/mol. The van der Waals surface area contributed by atoms with Crippen LogP contribution in [0.5, 0.6) is 0 Å². The number of aryl methyl sites for hydroxylation is 1. The first-order chi connectivity index (χ1) is 12.3. The standard InChI is InChI=1S/C17H19F3N4OS/c1-11(26-16-23-22-14-8-3-2-4-9-24(14)16)15(25)21-13-7-5-6-12(10-13)17(18,19)20/h5-7,10-11H,2-4,8-9H2,1H3,(H,21,25)/t11-/m1/s1. The Balaban J connectivity index is 1.67. The fourth-order valence-electron chi connectivity index (χ4n) is 2.77. The second kappa shape index (κ2) is 7.69. The number of thioether (sulfide) groups is 1. The van der Waals surface area contributed by atoms with Gasteiger partial charge in [0.2, 0.25) is 5.91 Å². The summed E-state index contributed by atoms with van der Waals surface area (Å²) in [7, 11) is 0. The number of nitrogens with zero attached hydrogens (tertiary/aromatic N) is 3. The molecule has 0 saturated heterocycles. The molecule has 26 heavy (non-hydrogen) atoms. The third-order valence-corrected chi connectivity index (χ3v) is 5.26. The van der Waals surface area contributed by atoms with Crippen LogP contribution in [0.4, 0.5) is 18.9 Å². The molecule has 0 saturated carbocycles. The van der Waals surface area contributed by atoms with Crippen LogP contribution in [0.3, 0.4) is 0 Å². The van der Waals surface area contributed by atoms with Crippen LogP contribution in [0.2, 0.25) is 0 Å². The highest BCUT2D eigenvalue weighted by molar-refractivity contribution is 8.00. The number of anilines is 1. The number of hydrogen-bond acceptors (Lipinski definition) is 4. The van der Waals surface area contributed by atoms with Gasteiger partial charge in [0.1, 0.15) is 5.82 Å². The maximum absolute atomic E-state index is 12.8. The highest BCUT2D eigenvalue weighted by atomic mass is 32.2. The maximum Gasteiger partial charge on any atom is 0.416 e. The topological polar surface area (TPSA) is 59.8 Å². The van der Waals surface area contributed by atoms with E-state index in [4.69, 9.17) is 0 Å². The Labute approximate surface area is 153 Å². The zero-order chi connectivity index (χ0) is 18.7. The van der Waals surface area contributed by atoms with Gasteiger partial charge >= 0.3 is 6.18 Å². The molecule has 2 aromatic rings. The van der Waals surface area contributed by atoms with Crippen LogP contribution in [-0.2, 0) is 23.9 Å². The lowest BCUT2D eigenvalue weighted by Crippen LogP contribution is -2.23. The molecule has 0 fully saturated rings. The number of carbonyl (C=O) groups excluding carboxylic acids is 1. The Morgan fingerprint density at radius 1 is 1.27 bits per heavy atom. The minimum atomic E-state index is -4.44. The molecule has 0 radical (unpaired) electrons. The predicted molar refractivity (Wildman–Crippen MR) is 93.0 cm³/mol. The van der Waals surface area contributed by atoms with E-state index in [0.717, 1.165) is 50.2 Å². The molecule has 2 heterocycles. The van der Waals surface area contributed by atoms with E-state index in [0.29, 0.717) is 5.16 Å². The molecule has 1 aliphatic rings. The average Bonchev–Trinajstić information content (AvgIpc) is 2.81. The molecular formula is C17H19F3N4OS. The van der Waals surface area contributed by atoms with Crippen molar-refractivity contribution in [2.24, 2.45) is 0 Å². The Hall–Kier alpha value is -2.03. The van der Waals surface area contributed by atoms with E-state index < -0.39 is 17.0 Å². The summed E-state index contributed by atoms with van der Waals surface area (Å²) in [5.41, 5.74) is -0.671. The molecule has 1 aromatic carbocycles. The summed E-state index contributed by atoms with van der Waals surface area (Å²) in [6, 6.07) is 4.61. The van der Waals surface area contributed by atoms with Crippen LogP contribution in [0, 0.1) is 0 Å². The molecule has 1 aromatic heterocycles. The van der Waals surface area contributed by atoms with Gasteiger partial charge in [-0.15, -0.1) is 10.2 Å². The number of alkyl halides is 3. The van der Waals surface area contributed by atoms with Crippen molar-refractivity contribution in [3.05, 3.63) is 35.7 Å². The molecule has 0 aliphatic carbocycles. The Bertz CT molecular complexity index is 791. The van der Waals surface area contributed by atoms with E-state index in [1.54, 1.807) is 6.92 Å². The first kappa shape index (κ1) is 18.8. The Morgan fingerprint density at radius 3 is 2.85 bits per heavy atom. The lowest BCUT2D eigenvalue weighted by molar-refractivity contribution is -0.137. The first-order valence-electron chi connectivity index (χ1n) is 8.41. The molecule has 1 amide bonds.